The van der Waals surface area contributed by atoms with Gasteiger partial charge in [-0.3, -0.25) is 0 Å². The van der Waals surface area contributed by atoms with Crippen molar-refractivity contribution in [1.82, 2.24) is 4.98 Å². The molecule has 1 aromatic heterocycles. The summed E-state index contributed by atoms with van der Waals surface area (Å²) >= 11 is 0. The zero-order valence-electron chi connectivity index (χ0n) is 9.75. The maximum Gasteiger partial charge on any atom is 0.433 e. The van der Waals surface area contributed by atoms with Gasteiger partial charge in [0.25, 0.3) is 0 Å². The first kappa shape index (κ1) is 13.8. The molecule has 0 aliphatic rings. The lowest BCUT2D eigenvalue weighted by Crippen LogP contribution is -2.34. The third kappa shape index (κ3) is 3.89. The Balaban J connectivity index is 2.85. The van der Waals surface area contributed by atoms with E-state index in [4.69, 9.17) is 5.73 Å². The topological polar surface area (TPSA) is 50.9 Å². The number of nitrogens with zero attached hydrogens (tertiary/aromatic N) is 1. The van der Waals surface area contributed by atoms with Gasteiger partial charge in [0, 0.05) is 12.6 Å². The first-order valence-electron chi connectivity index (χ1n) is 5.35. The number of pyridine rings is 1. The molecule has 0 fully saturated rings. The van der Waals surface area contributed by atoms with Gasteiger partial charge >= 0.3 is 6.18 Å². The number of rotatable bonds is 4. The first-order chi connectivity index (χ1) is 7.84. The summed E-state index contributed by atoms with van der Waals surface area (Å²) < 4.78 is 37.3. The van der Waals surface area contributed by atoms with Crippen LogP contribution in [0.1, 0.15) is 19.5 Å². The van der Waals surface area contributed by atoms with Crippen LogP contribution in [-0.4, -0.2) is 17.6 Å². The number of nitrogens with two attached hydrogens (primary N) is 1. The summed E-state index contributed by atoms with van der Waals surface area (Å²) in [5.41, 5.74) is 4.63. The van der Waals surface area contributed by atoms with Crippen LogP contribution < -0.4 is 11.1 Å². The van der Waals surface area contributed by atoms with E-state index >= 15 is 0 Å². The molecule has 0 saturated heterocycles. The van der Waals surface area contributed by atoms with Gasteiger partial charge in [-0.2, -0.15) is 13.2 Å². The Morgan fingerprint density at radius 3 is 2.47 bits per heavy atom. The molecular weight excluding hydrogens is 231 g/mol. The average molecular weight is 247 g/mol. The van der Waals surface area contributed by atoms with Gasteiger partial charge in [-0.1, -0.05) is 19.9 Å². The fourth-order valence-corrected chi connectivity index (χ4v) is 1.36. The van der Waals surface area contributed by atoms with Gasteiger partial charge in [0.1, 0.15) is 11.5 Å². The van der Waals surface area contributed by atoms with Crippen LogP contribution in [0.25, 0.3) is 0 Å². The SMILES string of the molecule is CC(C)C(CN)Nc1cccc(C(F)(F)F)n1. The highest BCUT2D eigenvalue weighted by molar-refractivity contribution is 5.37. The highest BCUT2D eigenvalue weighted by Gasteiger charge is 2.32. The van der Waals surface area contributed by atoms with Crippen molar-refractivity contribution in [1.29, 1.82) is 0 Å². The molecule has 0 radical (unpaired) electrons. The predicted molar refractivity (Wildman–Crippen MR) is 60.5 cm³/mol. The molecule has 6 heteroatoms. The Bertz CT molecular complexity index is 363. The third-order valence-corrected chi connectivity index (χ3v) is 2.43. The lowest BCUT2D eigenvalue weighted by Gasteiger charge is -2.21. The zero-order chi connectivity index (χ0) is 13.1. The Morgan fingerprint density at radius 2 is 2.00 bits per heavy atom. The van der Waals surface area contributed by atoms with Crippen molar-refractivity contribution in [3.8, 4) is 0 Å². The molecule has 3 nitrogen and oxygen atoms in total. The molecule has 96 valence electrons. The standard InChI is InChI=1S/C11H16F3N3/c1-7(2)8(6-15)16-10-5-3-4-9(17-10)11(12,13)14/h3-5,7-8H,6,15H2,1-2H3,(H,16,17). The molecule has 1 aromatic rings. The molecule has 1 rings (SSSR count). The summed E-state index contributed by atoms with van der Waals surface area (Å²) in [5, 5.41) is 2.90. The summed E-state index contributed by atoms with van der Waals surface area (Å²) in [4.78, 5) is 3.52. The lowest BCUT2D eigenvalue weighted by molar-refractivity contribution is -0.141. The fraction of sp³-hybridized carbons (Fsp3) is 0.545. The second kappa shape index (κ2) is 5.35. The molecule has 0 amide bonds. The summed E-state index contributed by atoms with van der Waals surface area (Å²) in [7, 11) is 0. The van der Waals surface area contributed by atoms with E-state index in [1.807, 2.05) is 13.8 Å². The summed E-state index contributed by atoms with van der Waals surface area (Å²) in [5.74, 6) is 0.417. The summed E-state index contributed by atoms with van der Waals surface area (Å²) in [6, 6.07) is 3.68. The molecular formula is C11H16F3N3. The molecule has 17 heavy (non-hydrogen) atoms. The molecule has 0 bridgehead atoms. The van der Waals surface area contributed by atoms with E-state index in [1.54, 1.807) is 0 Å². The van der Waals surface area contributed by atoms with E-state index in [9.17, 15) is 13.2 Å². The first-order valence-corrected chi connectivity index (χ1v) is 5.35. The monoisotopic (exact) mass is 247 g/mol. The minimum atomic E-state index is -4.42. The van der Waals surface area contributed by atoms with Gasteiger partial charge in [-0.25, -0.2) is 4.98 Å². The molecule has 0 aliphatic carbocycles. The van der Waals surface area contributed by atoms with E-state index in [0.29, 0.717) is 6.54 Å². The predicted octanol–water partition coefficient (Wildman–Crippen LogP) is 2.50. The van der Waals surface area contributed by atoms with E-state index in [1.165, 1.54) is 12.1 Å². The van der Waals surface area contributed by atoms with Crippen LogP contribution in [0.4, 0.5) is 19.0 Å². The van der Waals surface area contributed by atoms with Crippen molar-refractivity contribution in [2.75, 3.05) is 11.9 Å². The summed E-state index contributed by atoms with van der Waals surface area (Å²) in [6.45, 7) is 4.23. The van der Waals surface area contributed by atoms with Gasteiger partial charge in [0.15, 0.2) is 0 Å². The number of alkyl halides is 3. The van der Waals surface area contributed by atoms with E-state index in [-0.39, 0.29) is 17.8 Å². The van der Waals surface area contributed by atoms with Gasteiger partial charge < -0.3 is 11.1 Å². The number of anilines is 1. The van der Waals surface area contributed by atoms with Gasteiger partial charge in [-0.05, 0) is 18.1 Å². The Labute approximate surface area is 98.2 Å². The highest BCUT2D eigenvalue weighted by Crippen LogP contribution is 2.28. The minimum Gasteiger partial charge on any atom is -0.366 e. The quantitative estimate of drug-likeness (QED) is 0.859. The van der Waals surface area contributed by atoms with Crippen molar-refractivity contribution in [3.63, 3.8) is 0 Å². The Morgan fingerprint density at radius 1 is 1.35 bits per heavy atom. The molecule has 1 unspecified atom stereocenters. The smallest absolute Gasteiger partial charge is 0.366 e. The molecule has 3 N–H and O–H groups in total. The number of aromatic nitrogens is 1. The van der Waals surface area contributed by atoms with Crippen LogP contribution in [0.15, 0.2) is 18.2 Å². The van der Waals surface area contributed by atoms with E-state index in [2.05, 4.69) is 10.3 Å². The number of nitrogens with one attached hydrogen (secondary N) is 1. The van der Waals surface area contributed by atoms with Crippen LogP contribution in [0.3, 0.4) is 0 Å². The van der Waals surface area contributed by atoms with E-state index < -0.39 is 11.9 Å². The van der Waals surface area contributed by atoms with Crippen molar-refractivity contribution >= 4 is 5.82 Å². The molecule has 0 aromatic carbocycles. The maximum atomic E-state index is 12.4. The number of hydrogen-bond donors (Lipinski definition) is 2. The van der Waals surface area contributed by atoms with Crippen LogP contribution in [0.5, 0.6) is 0 Å². The highest BCUT2D eigenvalue weighted by atomic mass is 19.4. The average Bonchev–Trinajstić information content (AvgIpc) is 2.24. The van der Waals surface area contributed by atoms with Crippen molar-refractivity contribution in [3.05, 3.63) is 23.9 Å². The van der Waals surface area contributed by atoms with Crippen LogP contribution in [-0.2, 0) is 6.18 Å². The normalized spacial score (nSPS) is 13.8. The Kier molecular flexibility index (Phi) is 4.34. The maximum absolute atomic E-state index is 12.4. The second-order valence-electron chi connectivity index (χ2n) is 4.14. The molecule has 0 saturated carbocycles. The van der Waals surface area contributed by atoms with Gasteiger partial charge in [0.2, 0.25) is 0 Å². The van der Waals surface area contributed by atoms with E-state index in [0.717, 1.165) is 6.07 Å². The fourth-order valence-electron chi connectivity index (χ4n) is 1.36. The minimum absolute atomic E-state index is 0.0917. The largest absolute Gasteiger partial charge is 0.433 e. The van der Waals surface area contributed by atoms with Gasteiger partial charge in [-0.15, -0.1) is 0 Å². The van der Waals surface area contributed by atoms with Crippen molar-refractivity contribution in [2.45, 2.75) is 26.1 Å². The van der Waals surface area contributed by atoms with Crippen LogP contribution in [0, 0.1) is 5.92 Å². The number of hydrogen-bond acceptors (Lipinski definition) is 3. The third-order valence-electron chi connectivity index (χ3n) is 2.43. The van der Waals surface area contributed by atoms with Crippen molar-refractivity contribution in [2.24, 2.45) is 11.7 Å². The van der Waals surface area contributed by atoms with Crippen molar-refractivity contribution < 1.29 is 13.2 Å². The molecule has 0 aliphatic heterocycles. The summed E-state index contributed by atoms with van der Waals surface area (Å²) in [6.07, 6.45) is -4.42. The Hall–Kier alpha value is -1.30. The second-order valence-corrected chi connectivity index (χ2v) is 4.14. The lowest BCUT2D eigenvalue weighted by atomic mass is 10.1. The van der Waals surface area contributed by atoms with Crippen LogP contribution >= 0.6 is 0 Å². The zero-order valence-corrected chi connectivity index (χ0v) is 9.75. The molecule has 1 heterocycles. The number of halogens is 3. The van der Waals surface area contributed by atoms with Gasteiger partial charge in [0.05, 0.1) is 0 Å². The van der Waals surface area contributed by atoms with Crippen LogP contribution in [0.2, 0.25) is 0 Å². The molecule has 0 spiro atoms. The molecule has 1 atom stereocenters.